The van der Waals surface area contributed by atoms with E-state index in [2.05, 4.69) is 34.6 Å². The molecule has 0 radical (unpaired) electrons. The van der Waals surface area contributed by atoms with Crippen LogP contribution in [0.3, 0.4) is 0 Å². The van der Waals surface area contributed by atoms with Gasteiger partial charge in [-0.3, -0.25) is 4.79 Å². The van der Waals surface area contributed by atoms with Gasteiger partial charge < -0.3 is 20.5 Å². The van der Waals surface area contributed by atoms with Crippen molar-refractivity contribution in [1.29, 1.82) is 0 Å². The number of benzene rings is 2. The number of alkyl carbamates (subject to hydrolysis) is 1. The molecule has 0 saturated carbocycles. The molecule has 7 nitrogen and oxygen atoms in total. The average Bonchev–Trinajstić information content (AvgIpc) is 3.09. The molecule has 7 heteroatoms. The molecule has 0 unspecified atom stereocenters. The summed E-state index contributed by atoms with van der Waals surface area (Å²) in [6.07, 6.45) is 0.306. The Morgan fingerprint density at radius 3 is 2.26 bits per heavy atom. The molecule has 0 aromatic heterocycles. The second-order valence-corrected chi connectivity index (χ2v) is 7.13. The van der Waals surface area contributed by atoms with Crippen molar-refractivity contribution in [3.05, 3.63) is 59.7 Å². The van der Waals surface area contributed by atoms with Crippen LogP contribution in [0.2, 0.25) is 0 Å². The van der Waals surface area contributed by atoms with Gasteiger partial charge in [0.2, 0.25) is 0 Å². The van der Waals surface area contributed by atoms with Crippen molar-refractivity contribution < 1.29 is 24.2 Å². The van der Waals surface area contributed by atoms with E-state index in [1.54, 1.807) is 0 Å². The number of aliphatic carboxylic acids is 1. The molecule has 0 saturated heterocycles. The van der Waals surface area contributed by atoms with Crippen LogP contribution < -0.4 is 10.6 Å². The molecule has 31 heavy (non-hydrogen) atoms. The first-order chi connectivity index (χ1) is 15.0. The number of hydrogen-bond acceptors (Lipinski definition) is 4. The first kappa shape index (κ1) is 21.9. The molecular formula is C24H24N2O5. The maximum atomic E-state index is 12.0. The molecule has 3 N–H and O–H groups in total. The number of fused-ring (bicyclic) bond motifs is 3. The number of nitrogens with one attached hydrogen (secondary N) is 2. The maximum Gasteiger partial charge on any atom is 0.407 e. The van der Waals surface area contributed by atoms with Crippen LogP contribution in [0.4, 0.5) is 4.79 Å². The predicted molar refractivity (Wildman–Crippen MR) is 115 cm³/mol. The highest BCUT2D eigenvalue weighted by molar-refractivity contribution is 5.96. The van der Waals surface area contributed by atoms with Crippen molar-refractivity contribution in [3.63, 3.8) is 0 Å². The van der Waals surface area contributed by atoms with Crippen LogP contribution in [0.25, 0.3) is 11.1 Å². The average molecular weight is 420 g/mol. The molecule has 0 aliphatic heterocycles. The van der Waals surface area contributed by atoms with E-state index in [9.17, 15) is 14.4 Å². The molecule has 0 heterocycles. The standard InChI is InChI=1S/C24H24N2O5/c1-2-8-21(23(28)29)26-22(27)13-7-14-25-24(30)31-15-20-18-11-5-3-9-16(18)17-10-4-6-12-19(17)20/h3-6,9-12,20-21H,2,8,14-15H2,1H3,(H,25,30)(H,26,27)(H,28,29)/t21-/m0/s1. The first-order valence-corrected chi connectivity index (χ1v) is 10.1. The third-order valence-electron chi connectivity index (χ3n) is 5.05. The summed E-state index contributed by atoms with van der Waals surface area (Å²) in [4.78, 5) is 34.8. The largest absolute Gasteiger partial charge is 0.480 e. The van der Waals surface area contributed by atoms with Gasteiger partial charge in [0.15, 0.2) is 0 Å². The predicted octanol–water partition coefficient (Wildman–Crippen LogP) is 2.90. The molecule has 2 aromatic rings. The second kappa shape index (κ2) is 10.3. The SMILES string of the molecule is CCC[C@H](NC(=O)C#CCNC(=O)OCC1c2ccccc2-c2ccccc21)C(=O)O. The van der Waals surface area contributed by atoms with Crippen molar-refractivity contribution in [2.45, 2.75) is 31.7 Å². The van der Waals surface area contributed by atoms with Gasteiger partial charge in [0.1, 0.15) is 12.6 Å². The number of carboxylic acid groups (broad SMARTS) is 1. The third kappa shape index (κ3) is 5.43. The minimum absolute atomic E-state index is 0.0403. The van der Waals surface area contributed by atoms with Crippen LogP contribution in [0.1, 0.15) is 36.8 Å². The monoisotopic (exact) mass is 420 g/mol. The van der Waals surface area contributed by atoms with Crippen LogP contribution in [0.5, 0.6) is 0 Å². The summed E-state index contributed by atoms with van der Waals surface area (Å²) in [6, 6.07) is 15.1. The van der Waals surface area contributed by atoms with Gasteiger partial charge in [-0.1, -0.05) is 67.8 Å². The summed E-state index contributed by atoms with van der Waals surface area (Å²) >= 11 is 0. The Hall–Kier alpha value is -3.79. The Balaban J connectivity index is 1.49. The Labute approximate surface area is 180 Å². The lowest BCUT2D eigenvalue weighted by Gasteiger charge is -2.14. The smallest absolute Gasteiger partial charge is 0.407 e. The highest BCUT2D eigenvalue weighted by Gasteiger charge is 2.28. The summed E-state index contributed by atoms with van der Waals surface area (Å²) in [5.74, 6) is 2.92. The van der Waals surface area contributed by atoms with E-state index in [1.165, 1.54) is 0 Å². The van der Waals surface area contributed by atoms with E-state index >= 15 is 0 Å². The van der Waals surface area contributed by atoms with Crippen LogP contribution >= 0.6 is 0 Å². The lowest BCUT2D eigenvalue weighted by molar-refractivity contribution is -0.141. The zero-order valence-corrected chi connectivity index (χ0v) is 17.2. The number of rotatable bonds is 7. The van der Waals surface area contributed by atoms with Crippen LogP contribution in [-0.2, 0) is 14.3 Å². The summed E-state index contributed by atoms with van der Waals surface area (Å²) in [7, 11) is 0. The fourth-order valence-corrected chi connectivity index (χ4v) is 3.63. The maximum absolute atomic E-state index is 12.0. The van der Waals surface area contributed by atoms with Crippen molar-refractivity contribution in [3.8, 4) is 23.0 Å². The number of hydrogen-bond donors (Lipinski definition) is 3. The Morgan fingerprint density at radius 1 is 1.06 bits per heavy atom. The number of carbonyl (C=O) groups is 3. The van der Waals surface area contributed by atoms with Crippen LogP contribution in [0.15, 0.2) is 48.5 Å². The van der Waals surface area contributed by atoms with Gasteiger partial charge in [-0.2, -0.15) is 0 Å². The topological polar surface area (TPSA) is 105 Å². The molecular weight excluding hydrogens is 396 g/mol. The van der Waals surface area contributed by atoms with Gasteiger partial charge in [0.05, 0.1) is 6.54 Å². The van der Waals surface area contributed by atoms with Crippen LogP contribution in [-0.4, -0.2) is 42.3 Å². The molecule has 0 fully saturated rings. The highest BCUT2D eigenvalue weighted by atomic mass is 16.5. The Bertz CT molecular complexity index is 992. The van der Waals surface area contributed by atoms with Gasteiger partial charge in [0.25, 0.3) is 5.91 Å². The van der Waals surface area contributed by atoms with Gasteiger partial charge in [-0.25, -0.2) is 9.59 Å². The van der Waals surface area contributed by atoms with Gasteiger partial charge in [-0.15, -0.1) is 0 Å². The van der Waals surface area contributed by atoms with E-state index in [0.29, 0.717) is 12.8 Å². The van der Waals surface area contributed by atoms with Crippen LogP contribution in [0, 0.1) is 11.8 Å². The normalized spacial score (nSPS) is 12.5. The van der Waals surface area contributed by atoms with E-state index in [-0.39, 0.29) is 19.1 Å². The molecule has 3 rings (SSSR count). The zero-order chi connectivity index (χ0) is 22.2. The Kier molecular flexibility index (Phi) is 7.28. The second-order valence-electron chi connectivity index (χ2n) is 7.13. The summed E-state index contributed by atoms with van der Waals surface area (Å²) in [5.41, 5.74) is 4.53. The molecule has 1 aliphatic rings. The van der Waals surface area contributed by atoms with Crippen molar-refractivity contribution in [2.75, 3.05) is 13.2 Å². The first-order valence-electron chi connectivity index (χ1n) is 10.1. The van der Waals surface area contributed by atoms with E-state index in [4.69, 9.17) is 9.84 Å². The fraction of sp³-hybridized carbons (Fsp3) is 0.292. The molecule has 2 amide bonds. The minimum Gasteiger partial charge on any atom is -0.480 e. The quantitative estimate of drug-likeness (QED) is 0.598. The Morgan fingerprint density at radius 2 is 1.68 bits per heavy atom. The summed E-state index contributed by atoms with van der Waals surface area (Å²) in [5, 5.41) is 13.8. The highest BCUT2D eigenvalue weighted by Crippen LogP contribution is 2.44. The molecule has 0 spiro atoms. The summed E-state index contributed by atoms with van der Waals surface area (Å²) in [6.45, 7) is 1.92. The lowest BCUT2D eigenvalue weighted by Crippen LogP contribution is -2.40. The molecule has 1 atom stereocenters. The number of amides is 2. The van der Waals surface area contributed by atoms with Gasteiger partial charge in [-0.05, 0) is 34.6 Å². The van der Waals surface area contributed by atoms with E-state index < -0.39 is 24.0 Å². The van der Waals surface area contributed by atoms with E-state index in [0.717, 1.165) is 22.3 Å². The van der Waals surface area contributed by atoms with Crippen molar-refractivity contribution in [2.24, 2.45) is 0 Å². The third-order valence-corrected chi connectivity index (χ3v) is 5.05. The molecule has 2 aromatic carbocycles. The number of ether oxygens (including phenoxy) is 1. The zero-order valence-electron chi connectivity index (χ0n) is 17.2. The van der Waals surface area contributed by atoms with E-state index in [1.807, 2.05) is 43.3 Å². The molecule has 1 aliphatic carbocycles. The van der Waals surface area contributed by atoms with Crippen molar-refractivity contribution >= 4 is 18.0 Å². The number of carboxylic acids is 1. The summed E-state index contributed by atoms with van der Waals surface area (Å²) < 4.78 is 5.38. The molecule has 160 valence electrons. The lowest BCUT2D eigenvalue weighted by atomic mass is 9.98. The van der Waals surface area contributed by atoms with Gasteiger partial charge >= 0.3 is 12.1 Å². The molecule has 0 bridgehead atoms. The van der Waals surface area contributed by atoms with Gasteiger partial charge in [0, 0.05) is 5.92 Å². The number of carbonyl (C=O) groups excluding carboxylic acids is 2. The minimum atomic E-state index is -1.10. The fourth-order valence-electron chi connectivity index (χ4n) is 3.63. The van der Waals surface area contributed by atoms with Crippen molar-refractivity contribution in [1.82, 2.24) is 10.6 Å².